The predicted molar refractivity (Wildman–Crippen MR) is 90.0 cm³/mol. The average Bonchev–Trinajstić information content (AvgIpc) is 2.56. The Kier molecular flexibility index (Phi) is 5.42. The molecule has 0 unspecified atom stereocenters. The first-order valence-electron chi connectivity index (χ1n) is 7.53. The van der Waals surface area contributed by atoms with Gasteiger partial charge >= 0.3 is 5.97 Å². The number of hydrogen-bond acceptors (Lipinski definition) is 4. The number of aromatic carboxylic acids is 1. The number of nitrogens with one attached hydrogen (secondary N) is 1. The molecule has 0 spiro atoms. The second-order valence-corrected chi connectivity index (χ2v) is 5.32. The van der Waals surface area contributed by atoms with Gasteiger partial charge in [0.25, 0.3) is 5.91 Å². The lowest BCUT2D eigenvalue weighted by Gasteiger charge is -2.10. The summed E-state index contributed by atoms with van der Waals surface area (Å²) in [6.07, 6.45) is 0.897. The number of hydrogen-bond donors (Lipinski definition) is 3. The van der Waals surface area contributed by atoms with E-state index in [-0.39, 0.29) is 17.2 Å². The van der Waals surface area contributed by atoms with Gasteiger partial charge in [-0.15, -0.1) is 0 Å². The maximum Gasteiger partial charge on any atom is 0.339 e. The van der Waals surface area contributed by atoms with Crippen LogP contribution >= 0.6 is 0 Å². The van der Waals surface area contributed by atoms with Crippen LogP contribution in [-0.2, 0) is 0 Å². The molecule has 6 heteroatoms. The lowest BCUT2D eigenvalue weighted by molar-refractivity contribution is 0.0693. The van der Waals surface area contributed by atoms with Crippen molar-refractivity contribution in [2.24, 2.45) is 0 Å². The molecule has 1 amide bonds. The topological polar surface area (TPSA) is 95.9 Å². The zero-order chi connectivity index (χ0) is 17.7. The summed E-state index contributed by atoms with van der Waals surface area (Å²) in [6.45, 7) is 4.18. The molecular weight excluding hydrogens is 310 g/mol. The summed E-state index contributed by atoms with van der Waals surface area (Å²) >= 11 is 0. The highest BCUT2D eigenvalue weighted by atomic mass is 16.5. The second kappa shape index (κ2) is 7.50. The van der Waals surface area contributed by atoms with Crippen molar-refractivity contribution in [3.8, 4) is 11.5 Å². The van der Waals surface area contributed by atoms with Gasteiger partial charge in [-0.2, -0.15) is 0 Å². The van der Waals surface area contributed by atoms with Gasteiger partial charge in [0, 0.05) is 11.3 Å². The van der Waals surface area contributed by atoms with Crippen molar-refractivity contribution in [2.45, 2.75) is 20.3 Å². The molecule has 0 saturated heterocycles. The Bertz CT molecular complexity index is 753. The van der Waals surface area contributed by atoms with E-state index < -0.39 is 5.97 Å². The zero-order valence-electron chi connectivity index (χ0n) is 13.5. The number of benzene rings is 2. The molecule has 0 fully saturated rings. The minimum absolute atomic E-state index is 0.256. The van der Waals surface area contributed by atoms with E-state index in [1.165, 1.54) is 12.1 Å². The van der Waals surface area contributed by atoms with Crippen LogP contribution in [0, 0.1) is 6.92 Å². The number of carbonyl (C=O) groups excluding carboxylic acids is 1. The Hall–Kier alpha value is -3.02. The van der Waals surface area contributed by atoms with Crippen molar-refractivity contribution >= 4 is 17.6 Å². The Labute approximate surface area is 139 Å². The number of anilines is 1. The Morgan fingerprint density at radius 1 is 1.17 bits per heavy atom. The molecule has 0 radical (unpaired) electrons. The standard InChI is InChI=1S/C18H19NO5/c1-3-8-24-14-6-4-12(5-7-14)17(21)19-13-9-11(2)16(20)15(10-13)18(22)23/h4-7,9-10,20H,3,8H2,1-2H3,(H,19,21)(H,22,23). The SMILES string of the molecule is CCCOc1ccc(C(=O)Nc2cc(C)c(O)c(C(=O)O)c2)cc1. The number of amides is 1. The minimum Gasteiger partial charge on any atom is -0.507 e. The number of carboxylic acids is 1. The lowest BCUT2D eigenvalue weighted by atomic mass is 10.1. The molecule has 3 N–H and O–H groups in total. The minimum atomic E-state index is -1.26. The summed E-state index contributed by atoms with van der Waals surface area (Å²) in [5.74, 6) is -1.26. The van der Waals surface area contributed by atoms with E-state index in [1.54, 1.807) is 31.2 Å². The number of aromatic hydroxyl groups is 1. The quantitative estimate of drug-likeness (QED) is 0.706. The Morgan fingerprint density at radius 3 is 2.42 bits per heavy atom. The molecule has 0 bridgehead atoms. The van der Waals surface area contributed by atoms with Crippen molar-refractivity contribution in [1.82, 2.24) is 0 Å². The highest BCUT2D eigenvalue weighted by Crippen LogP contribution is 2.27. The summed E-state index contributed by atoms with van der Waals surface area (Å²) in [7, 11) is 0. The molecule has 126 valence electrons. The van der Waals surface area contributed by atoms with Gasteiger partial charge in [-0.3, -0.25) is 4.79 Å². The summed E-state index contributed by atoms with van der Waals surface area (Å²) in [5.41, 5.74) is 0.836. The molecule has 2 rings (SSSR count). The number of ether oxygens (including phenoxy) is 1. The molecule has 0 atom stereocenters. The van der Waals surface area contributed by atoms with Crippen LogP contribution in [0.25, 0.3) is 0 Å². The molecule has 2 aromatic carbocycles. The molecule has 0 heterocycles. The van der Waals surface area contributed by atoms with Crippen molar-refractivity contribution in [3.63, 3.8) is 0 Å². The van der Waals surface area contributed by atoms with E-state index in [4.69, 9.17) is 9.84 Å². The van der Waals surface area contributed by atoms with Gasteiger partial charge < -0.3 is 20.3 Å². The number of carbonyl (C=O) groups is 2. The highest BCUT2D eigenvalue weighted by molar-refractivity contribution is 6.05. The summed E-state index contributed by atoms with van der Waals surface area (Å²) < 4.78 is 5.45. The fourth-order valence-electron chi connectivity index (χ4n) is 2.14. The van der Waals surface area contributed by atoms with Crippen LogP contribution in [0.15, 0.2) is 36.4 Å². The number of carboxylic acid groups (broad SMARTS) is 1. The third-order valence-corrected chi connectivity index (χ3v) is 3.38. The van der Waals surface area contributed by atoms with Gasteiger partial charge in [0.2, 0.25) is 0 Å². The van der Waals surface area contributed by atoms with Crippen LogP contribution in [0.2, 0.25) is 0 Å². The first-order chi connectivity index (χ1) is 11.4. The number of phenols is 1. The van der Waals surface area contributed by atoms with E-state index in [9.17, 15) is 14.7 Å². The predicted octanol–water partition coefficient (Wildman–Crippen LogP) is 3.44. The third kappa shape index (κ3) is 4.04. The monoisotopic (exact) mass is 329 g/mol. The maximum atomic E-state index is 12.3. The Balaban J connectivity index is 2.16. The van der Waals surface area contributed by atoms with E-state index in [0.717, 1.165) is 6.42 Å². The third-order valence-electron chi connectivity index (χ3n) is 3.38. The second-order valence-electron chi connectivity index (χ2n) is 5.32. The van der Waals surface area contributed by atoms with E-state index in [0.29, 0.717) is 29.2 Å². The summed E-state index contributed by atoms with van der Waals surface area (Å²) in [5, 5.41) is 21.4. The largest absolute Gasteiger partial charge is 0.507 e. The molecule has 24 heavy (non-hydrogen) atoms. The molecule has 0 aromatic heterocycles. The number of rotatable bonds is 6. The zero-order valence-corrected chi connectivity index (χ0v) is 13.5. The van der Waals surface area contributed by atoms with E-state index >= 15 is 0 Å². The van der Waals surface area contributed by atoms with Crippen LogP contribution in [0.3, 0.4) is 0 Å². The van der Waals surface area contributed by atoms with Crippen molar-refractivity contribution in [1.29, 1.82) is 0 Å². The smallest absolute Gasteiger partial charge is 0.339 e. The normalized spacial score (nSPS) is 10.2. The molecule has 0 saturated carbocycles. The van der Waals surface area contributed by atoms with E-state index in [1.807, 2.05) is 6.92 Å². The van der Waals surface area contributed by atoms with Crippen molar-refractivity contribution < 1.29 is 24.5 Å². The molecule has 0 aliphatic carbocycles. The van der Waals surface area contributed by atoms with Crippen LogP contribution in [0.4, 0.5) is 5.69 Å². The van der Waals surface area contributed by atoms with Gasteiger partial charge in [-0.1, -0.05) is 6.92 Å². The van der Waals surface area contributed by atoms with Crippen molar-refractivity contribution in [2.75, 3.05) is 11.9 Å². The van der Waals surface area contributed by atoms with Gasteiger partial charge in [-0.05, 0) is 55.3 Å². The highest BCUT2D eigenvalue weighted by Gasteiger charge is 2.15. The molecular formula is C18H19NO5. The van der Waals surface area contributed by atoms with Gasteiger partial charge in [0.05, 0.1) is 6.61 Å². The maximum absolute atomic E-state index is 12.3. The lowest BCUT2D eigenvalue weighted by Crippen LogP contribution is -2.13. The van der Waals surface area contributed by atoms with Crippen molar-refractivity contribution in [3.05, 3.63) is 53.1 Å². The molecule has 0 aliphatic rings. The van der Waals surface area contributed by atoms with Crippen LogP contribution in [-0.4, -0.2) is 28.7 Å². The molecule has 6 nitrogen and oxygen atoms in total. The van der Waals surface area contributed by atoms with Gasteiger partial charge in [0.1, 0.15) is 17.1 Å². The van der Waals surface area contributed by atoms with E-state index in [2.05, 4.69) is 5.32 Å². The first-order valence-corrected chi connectivity index (χ1v) is 7.53. The summed E-state index contributed by atoms with van der Waals surface area (Å²) in [4.78, 5) is 23.4. The molecule has 2 aromatic rings. The Morgan fingerprint density at radius 2 is 1.83 bits per heavy atom. The van der Waals surface area contributed by atoms with Gasteiger partial charge in [0.15, 0.2) is 0 Å². The average molecular weight is 329 g/mol. The fourth-order valence-corrected chi connectivity index (χ4v) is 2.14. The number of aryl methyl sites for hydroxylation is 1. The van der Waals surface area contributed by atoms with Gasteiger partial charge in [-0.25, -0.2) is 4.79 Å². The van der Waals surface area contributed by atoms with Crippen LogP contribution in [0.5, 0.6) is 11.5 Å². The summed E-state index contributed by atoms with van der Waals surface area (Å²) in [6, 6.07) is 9.40. The van der Waals surface area contributed by atoms with Crippen LogP contribution in [0.1, 0.15) is 39.6 Å². The van der Waals surface area contributed by atoms with Crippen LogP contribution < -0.4 is 10.1 Å². The first kappa shape index (κ1) is 17.3. The molecule has 0 aliphatic heterocycles. The fraction of sp³-hybridized carbons (Fsp3) is 0.222.